The van der Waals surface area contributed by atoms with E-state index in [4.69, 9.17) is 0 Å². The van der Waals surface area contributed by atoms with Gasteiger partial charge in [0.15, 0.2) is 0 Å². The Hall–Kier alpha value is -0.470. The highest BCUT2D eigenvalue weighted by molar-refractivity contribution is 8.00. The van der Waals surface area contributed by atoms with Gasteiger partial charge >= 0.3 is 0 Å². The van der Waals surface area contributed by atoms with Gasteiger partial charge in [0, 0.05) is 4.90 Å². The fourth-order valence-corrected chi connectivity index (χ4v) is 2.08. The van der Waals surface area contributed by atoms with E-state index in [0.717, 1.165) is 4.90 Å². The highest BCUT2D eigenvalue weighted by atomic mass is 32.2. The summed E-state index contributed by atoms with van der Waals surface area (Å²) >= 11 is 1.49. The third kappa shape index (κ3) is 3.41. The van der Waals surface area contributed by atoms with E-state index in [9.17, 15) is 5.11 Å². The van der Waals surface area contributed by atoms with Crippen LogP contribution in [0, 0.1) is 13.8 Å². The van der Waals surface area contributed by atoms with Crippen LogP contribution >= 0.6 is 11.8 Å². The standard InChI is InChI=1S/C11H16OS/c1-8-5-6-10(9(2)7-8)13-11(3,4)12/h5-7,12H,1-4H3. The zero-order chi connectivity index (χ0) is 10.1. The first kappa shape index (κ1) is 10.6. The van der Waals surface area contributed by atoms with Crippen LogP contribution in [0.3, 0.4) is 0 Å². The molecule has 1 N–H and O–H groups in total. The Balaban J connectivity index is 2.90. The lowest BCUT2D eigenvalue weighted by Crippen LogP contribution is -2.12. The summed E-state index contributed by atoms with van der Waals surface area (Å²) in [5, 5.41) is 9.63. The number of hydrogen-bond acceptors (Lipinski definition) is 2. The monoisotopic (exact) mass is 196 g/mol. The molecule has 1 aromatic rings. The average Bonchev–Trinajstić information content (AvgIpc) is 1.93. The van der Waals surface area contributed by atoms with Gasteiger partial charge in [-0.3, -0.25) is 0 Å². The number of benzene rings is 1. The Morgan fingerprint density at radius 1 is 1.23 bits per heavy atom. The molecular formula is C11H16OS. The molecule has 0 aromatic heterocycles. The summed E-state index contributed by atoms with van der Waals surface area (Å²) in [6.07, 6.45) is 0. The number of aliphatic hydroxyl groups is 1. The summed E-state index contributed by atoms with van der Waals surface area (Å²) < 4.78 is 0. The molecule has 0 spiro atoms. The van der Waals surface area contributed by atoms with E-state index in [-0.39, 0.29) is 0 Å². The predicted molar refractivity (Wildman–Crippen MR) is 58.1 cm³/mol. The molecule has 1 rings (SSSR count). The molecule has 0 amide bonds. The summed E-state index contributed by atoms with van der Waals surface area (Å²) in [4.78, 5) is 0.457. The summed E-state index contributed by atoms with van der Waals surface area (Å²) in [5.41, 5.74) is 2.49. The van der Waals surface area contributed by atoms with E-state index < -0.39 is 4.93 Å². The molecule has 0 bridgehead atoms. The molecule has 0 heterocycles. The van der Waals surface area contributed by atoms with Gasteiger partial charge in [-0.2, -0.15) is 0 Å². The minimum atomic E-state index is -0.694. The average molecular weight is 196 g/mol. The van der Waals surface area contributed by atoms with Gasteiger partial charge in [0.1, 0.15) is 4.93 Å². The first-order valence-corrected chi connectivity index (χ1v) is 5.19. The number of rotatable bonds is 2. The SMILES string of the molecule is Cc1ccc(SC(C)(C)O)c(C)c1. The van der Waals surface area contributed by atoms with Crippen molar-refractivity contribution in [1.82, 2.24) is 0 Å². The quantitative estimate of drug-likeness (QED) is 0.579. The maximum Gasteiger partial charge on any atom is 0.109 e. The Labute approximate surface area is 84.2 Å². The lowest BCUT2D eigenvalue weighted by molar-refractivity contribution is 0.179. The Bertz CT molecular complexity index is 299. The van der Waals surface area contributed by atoms with Crippen LogP contribution in [0.15, 0.2) is 23.1 Å². The molecule has 0 aliphatic carbocycles. The van der Waals surface area contributed by atoms with Gasteiger partial charge < -0.3 is 5.11 Å². The summed E-state index contributed by atoms with van der Waals surface area (Å²) in [6, 6.07) is 6.27. The van der Waals surface area contributed by atoms with Crippen LogP contribution in [-0.2, 0) is 0 Å². The van der Waals surface area contributed by atoms with Crippen molar-refractivity contribution in [2.45, 2.75) is 37.5 Å². The second-order valence-electron chi connectivity index (χ2n) is 3.82. The van der Waals surface area contributed by atoms with Gasteiger partial charge in [-0.15, -0.1) is 0 Å². The van der Waals surface area contributed by atoms with Gasteiger partial charge in [-0.1, -0.05) is 29.5 Å². The largest absolute Gasteiger partial charge is 0.380 e. The predicted octanol–water partition coefficient (Wildman–Crippen LogP) is 3.12. The van der Waals surface area contributed by atoms with Crippen molar-refractivity contribution in [2.75, 3.05) is 0 Å². The topological polar surface area (TPSA) is 20.2 Å². The molecule has 0 saturated carbocycles. The summed E-state index contributed by atoms with van der Waals surface area (Å²) in [7, 11) is 0. The summed E-state index contributed by atoms with van der Waals surface area (Å²) in [5.74, 6) is 0. The number of hydrogen-bond donors (Lipinski definition) is 1. The first-order chi connectivity index (χ1) is 5.88. The molecule has 0 radical (unpaired) electrons. The van der Waals surface area contributed by atoms with E-state index in [2.05, 4.69) is 32.0 Å². The molecule has 13 heavy (non-hydrogen) atoms. The van der Waals surface area contributed by atoms with Gasteiger partial charge in [-0.25, -0.2) is 0 Å². The molecule has 0 atom stereocenters. The molecule has 0 saturated heterocycles. The normalized spacial score (nSPS) is 11.8. The highest BCUT2D eigenvalue weighted by Crippen LogP contribution is 2.32. The molecule has 1 nitrogen and oxygen atoms in total. The fraction of sp³-hybridized carbons (Fsp3) is 0.455. The number of thioether (sulfide) groups is 1. The molecule has 72 valence electrons. The molecule has 1 aromatic carbocycles. The third-order valence-electron chi connectivity index (χ3n) is 1.69. The van der Waals surface area contributed by atoms with Crippen LogP contribution in [0.2, 0.25) is 0 Å². The van der Waals surface area contributed by atoms with Gasteiger partial charge in [-0.05, 0) is 39.3 Å². The van der Waals surface area contributed by atoms with Crippen LogP contribution in [-0.4, -0.2) is 10.0 Å². The zero-order valence-corrected chi connectivity index (χ0v) is 9.40. The lowest BCUT2D eigenvalue weighted by Gasteiger charge is -2.17. The van der Waals surface area contributed by atoms with E-state index >= 15 is 0 Å². The molecule has 2 heteroatoms. The van der Waals surface area contributed by atoms with Crippen molar-refractivity contribution in [3.63, 3.8) is 0 Å². The van der Waals surface area contributed by atoms with Gasteiger partial charge in [0.25, 0.3) is 0 Å². The van der Waals surface area contributed by atoms with E-state index in [1.165, 1.54) is 22.9 Å². The highest BCUT2D eigenvalue weighted by Gasteiger charge is 2.15. The summed E-state index contributed by atoms with van der Waals surface area (Å²) in [6.45, 7) is 7.75. The molecular weight excluding hydrogens is 180 g/mol. The van der Waals surface area contributed by atoms with E-state index in [1.807, 2.05) is 0 Å². The second-order valence-corrected chi connectivity index (χ2v) is 5.46. The Morgan fingerprint density at radius 2 is 1.85 bits per heavy atom. The fourth-order valence-electron chi connectivity index (χ4n) is 1.18. The maximum atomic E-state index is 9.63. The van der Waals surface area contributed by atoms with Gasteiger partial charge in [0.05, 0.1) is 0 Å². The Morgan fingerprint density at radius 3 is 2.31 bits per heavy atom. The molecule has 0 aliphatic heterocycles. The van der Waals surface area contributed by atoms with Crippen LogP contribution in [0.25, 0.3) is 0 Å². The van der Waals surface area contributed by atoms with Gasteiger partial charge in [0.2, 0.25) is 0 Å². The van der Waals surface area contributed by atoms with Crippen molar-refractivity contribution in [3.05, 3.63) is 29.3 Å². The molecule has 0 aliphatic rings. The van der Waals surface area contributed by atoms with Crippen molar-refractivity contribution >= 4 is 11.8 Å². The van der Waals surface area contributed by atoms with Crippen LogP contribution in [0.5, 0.6) is 0 Å². The van der Waals surface area contributed by atoms with E-state index in [1.54, 1.807) is 13.8 Å². The smallest absolute Gasteiger partial charge is 0.109 e. The lowest BCUT2D eigenvalue weighted by atomic mass is 10.2. The van der Waals surface area contributed by atoms with E-state index in [0.29, 0.717) is 0 Å². The van der Waals surface area contributed by atoms with Crippen molar-refractivity contribution in [2.24, 2.45) is 0 Å². The first-order valence-electron chi connectivity index (χ1n) is 4.37. The van der Waals surface area contributed by atoms with Crippen molar-refractivity contribution in [3.8, 4) is 0 Å². The minimum absolute atomic E-state index is 0.694. The van der Waals surface area contributed by atoms with Crippen LogP contribution in [0.4, 0.5) is 0 Å². The van der Waals surface area contributed by atoms with Crippen LogP contribution < -0.4 is 0 Å². The maximum absolute atomic E-state index is 9.63. The van der Waals surface area contributed by atoms with Crippen molar-refractivity contribution in [1.29, 1.82) is 0 Å². The molecule has 0 fully saturated rings. The van der Waals surface area contributed by atoms with Crippen molar-refractivity contribution < 1.29 is 5.11 Å². The zero-order valence-electron chi connectivity index (χ0n) is 8.59. The number of aryl methyl sites for hydroxylation is 2. The van der Waals surface area contributed by atoms with Crippen LogP contribution in [0.1, 0.15) is 25.0 Å². The molecule has 0 unspecified atom stereocenters. The second kappa shape index (κ2) is 3.72. The minimum Gasteiger partial charge on any atom is -0.380 e. The Kier molecular flexibility index (Phi) is 3.04. The third-order valence-corrected chi connectivity index (χ3v) is 2.87.